The lowest BCUT2D eigenvalue weighted by molar-refractivity contribution is -0.0926. The smallest absolute Gasteiger partial charge is 0.175 e. The molecule has 0 bridgehead atoms. The van der Waals surface area contributed by atoms with Crippen LogP contribution in [0.1, 0.15) is 17.2 Å². The molecule has 6 nitrogen and oxygen atoms in total. The topological polar surface area (TPSA) is 96.7 Å². The number of rotatable bonds is 3. The molecule has 2 aromatic carbocycles. The number of nitrogens with zero attached hydrogens (tertiary/aromatic N) is 1. The quantitative estimate of drug-likeness (QED) is 0.530. The lowest BCUT2D eigenvalue weighted by Gasteiger charge is -2.25. The lowest BCUT2D eigenvalue weighted by atomic mass is 9.90. The summed E-state index contributed by atoms with van der Waals surface area (Å²) >= 11 is 9.87. The summed E-state index contributed by atoms with van der Waals surface area (Å²) in [4.78, 5) is 4.59. The molecule has 5 unspecified atom stereocenters. The number of hydrogen-bond acceptors (Lipinski definition) is 6. The van der Waals surface area contributed by atoms with E-state index in [-0.39, 0.29) is 11.4 Å². The maximum Gasteiger partial charge on any atom is 0.175 e. The Morgan fingerprint density at radius 1 is 1.12 bits per heavy atom. The first-order valence-electron chi connectivity index (χ1n) is 9.90. The molecule has 0 saturated heterocycles. The zero-order valence-corrected chi connectivity index (χ0v) is 20.0. The molecule has 166 valence electrons. The summed E-state index contributed by atoms with van der Waals surface area (Å²) in [5.41, 5.74) is -0.167. The molecule has 3 aromatic rings. The molecule has 1 aliphatic heterocycles. The van der Waals surface area contributed by atoms with Gasteiger partial charge in [0.05, 0.1) is 10.7 Å². The molecule has 1 fully saturated rings. The molecule has 0 radical (unpaired) electrons. The summed E-state index contributed by atoms with van der Waals surface area (Å²) < 4.78 is 32.4. The maximum absolute atomic E-state index is 12.7. The largest absolute Gasteiger partial charge is 0.484 e. The Morgan fingerprint density at radius 3 is 2.41 bits per heavy atom. The summed E-state index contributed by atoms with van der Waals surface area (Å²) in [6.45, 7) is 0. The molecule has 2 N–H and O–H groups in total. The molecule has 9 heteroatoms. The third-order valence-corrected chi connectivity index (χ3v) is 8.60. The van der Waals surface area contributed by atoms with Gasteiger partial charge in [0.2, 0.25) is 0 Å². The number of aliphatic hydroxyl groups excluding tert-OH is 1. The Bertz CT molecular complexity index is 1300. The minimum absolute atomic E-state index is 0.0874. The second-order valence-corrected chi connectivity index (χ2v) is 11.7. The van der Waals surface area contributed by atoms with Crippen molar-refractivity contribution in [3.63, 3.8) is 0 Å². The summed E-state index contributed by atoms with van der Waals surface area (Å²) in [5.74, 6) is -0.564. The minimum atomic E-state index is -3.76. The van der Waals surface area contributed by atoms with E-state index in [4.69, 9.17) is 16.3 Å². The van der Waals surface area contributed by atoms with E-state index >= 15 is 0 Å². The molecule has 5 atom stereocenters. The number of fused-ring (bicyclic) bond motifs is 3. The van der Waals surface area contributed by atoms with Crippen LogP contribution >= 0.6 is 27.5 Å². The van der Waals surface area contributed by atoms with Crippen LogP contribution in [0.25, 0.3) is 11.3 Å². The van der Waals surface area contributed by atoms with Crippen molar-refractivity contribution in [2.45, 2.75) is 29.0 Å². The highest BCUT2D eigenvalue weighted by molar-refractivity contribution is 9.10. The fourth-order valence-corrected chi connectivity index (χ4v) is 6.86. The summed E-state index contributed by atoms with van der Waals surface area (Å²) in [6.07, 6.45) is -1.62. The van der Waals surface area contributed by atoms with Crippen LogP contribution in [0.5, 0.6) is 5.75 Å². The van der Waals surface area contributed by atoms with E-state index in [1.165, 1.54) is 0 Å². The van der Waals surface area contributed by atoms with Gasteiger partial charge in [0.15, 0.2) is 15.4 Å². The van der Waals surface area contributed by atoms with Crippen molar-refractivity contribution in [3.05, 3.63) is 81.4 Å². The van der Waals surface area contributed by atoms with Crippen molar-refractivity contribution >= 4 is 37.4 Å². The van der Waals surface area contributed by atoms with E-state index in [9.17, 15) is 18.6 Å². The molecular formula is C23H19BrClNO5S. The van der Waals surface area contributed by atoms with Gasteiger partial charge in [0.1, 0.15) is 28.9 Å². The molecule has 5 rings (SSSR count). The van der Waals surface area contributed by atoms with E-state index in [1.807, 2.05) is 30.3 Å². The molecule has 32 heavy (non-hydrogen) atoms. The van der Waals surface area contributed by atoms with Gasteiger partial charge in [0.25, 0.3) is 0 Å². The van der Waals surface area contributed by atoms with Crippen molar-refractivity contribution in [3.8, 4) is 17.0 Å². The average molecular weight is 537 g/mol. The highest BCUT2D eigenvalue weighted by Gasteiger charge is 2.69. The number of benzene rings is 2. The normalized spacial score (nSPS) is 28.8. The van der Waals surface area contributed by atoms with E-state index < -0.39 is 38.8 Å². The zero-order valence-electron chi connectivity index (χ0n) is 16.8. The van der Waals surface area contributed by atoms with Crippen LogP contribution in [0.3, 0.4) is 0 Å². The van der Waals surface area contributed by atoms with E-state index in [0.717, 1.165) is 10.7 Å². The van der Waals surface area contributed by atoms with E-state index in [0.29, 0.717) is 21.8 Å². The van der Waals surface area contributed by atoms with Gasteiger partial charge in [-0.15, -0.1) is 0 Å². The fourth-order valence-electron chi connectivity index (χ4n) is 4.84. The van der Waals surface area contributed by atoms with Gasteiger partial charge < -0.3 is 14.9 Å². The average Bonchev–Trinajstić information content (AvgIpc) is 3.15. The van der Waals surface area contributed by atoms with Crippen molar-refractivity contribution in [2.75, 3.05) is 6.26 Å². The van der Waals surface area contributed by atoms with E-state index in [1.54, 1.807) is 30.3 Å². The van der Waals surface area contributed by atoms with Crippen LogP contribution in [0.2, 0.25) is 5.02 Å². The Balaban J connectivity index is 1.69. The van der Waals surface area contributed by atoms with Crippen molar-refractivity contribution in [1.82, 2.24) is 4.98 Å². The van der Waals surface area contributed by atoms with Crippen LogP contribution in [0.15, 0.2) is 65.1 Å². The van der Waals surface area contributed by atoms with Crippen LogP contribution in [0, 0.1) is 0 Å². The predicted octanol–water partition coefficient (Wildman–Crippen LogP) is 3.68. The fraction of sp³-hybridized carbons (Fsp3) is 0.261. The molecule has 2 aliphatic rings. The molecular weight excluding hydrogens is 518 g/mol. The minimum Gasteiger partial charge on any atom is -0.484 e. The lowest BCUT2D eigenvalue weighted by Crippen LogP contribution is -2.45. The van der Waals surface area contributed by atoms with Crippen molar-refractivity contribution in [2.24, 2.45) is 0 Å². The number of aliphatic hydroxyl groups is 2. The van der Waals surface area contributed by atoms with Crippen LogP contribution in [-0.2, 0) is 15.4 Å². The summed E-state index contributed by atoms with van der Waals surface area (Å²) in [5, 5.41) is 22.0. The van der Waals surface area contributed by atoms with Gasteiger partial charge in [0, 0.05) is 28.3 Å². The summed E-state index contributed by atoms with van der Waals surface area (Å²) in [6, 6.07) is 17.8. The molecule has 1 aromatic heterocycles. The van der Waals surface area contributed by atoms with Gasteiger partial charge in [-0.25, -0.2) is 13.4 Å². The van der Waals surface area contributed by atoms with Crippen LogP contribution in [0.4, 0.5) is 0 Å². The number of halogens is 2. The first-order chi connectivity index (χ1) is 15.1. The Kier molecular flexibility index (Phi) is 5.14. The van der Waals surface area contributed by atoms with Crippen LogP contribution < -0.4 is 4.74 Å². The van der Waals surface area contributed by atoms with Crippen LogP contribution in [-0.4, -0.2) is 47.3 Å². The van der Waals surface area contributed by atoms with Crippen molar-refractivity contribution < 1.29 is 23.4 Å². The van der Waals surface area contributed by atoms with Gasteiger partial charge in [-0.2, -0.15) is 0 Å². The first-order valence-corrected chi connectivity index (χ1v) is 13.0. The summed E-state index contributed by atoms with van der Waals surface area (Å²) in [7, 11) is -3.76. The second kappa shape index (κ2) is 7.53. The zero-order chi connectivity index (χ0) is 22.8. The monoisotopic (exact) mass is 535 g/mol. The number of hydrogen-bond donors (Lipinski definition) is 2. The van der Waals surface area contributed by atoms with Gasteiger partial charge in [-0.3, -0.25) is 0 Å². The van der Waals surface area contributed by atoms with Gasteiger partial charge in [-0.05, 0) is 17.7 Å². The molecule has 1 aliphatic carbocycles. The highest BCUT2D eigenvalue weighted by Crippen LogP contribution is 2.57. The molecule has 0 spiro atoms. The number of aromatic nitrogens is 1. The molecule has 1 saturated carbocycles. The third-order valence-electron chi connectivity index (χ3n) is 6.25. The standard InChI is InChI=1S/C23H19BrClNO5S/c1-32(29,30)19-17(12-5-3-2-4-6-12)22-23(28,21(19)27)20-16(31-22)11-15(25)18(26-20)13-7-9-14(24)10-8-13/h2-11,17,19,21-22,27-28H,1H3. The van der Waals surface area contributed by atoms with Crippen molar-refractivity contribution in [1.29, 1.82) is 0 Å². The van der Waals surface area contributed by atoms with E-state index in [2.05, 4.69) is 20.9 Å². The maximum atomic E-state index is 12.7. The number of sulfone groups is 1. The van der Waals surface area contributed by atoms with Gasteiger partial charge in [-0.1, -0.05) is 70.0 Å². The molecule has 2 heterocycles. The Labute approximate surface area is 198 Å². The first kappa shape index (κ1) is 21.9. The SMILES string of the molecule is CS(=O)(=O)C1C(c2ccccc2)C2Oc3cc(Cl)c(-c4ccc(Br)cc4)nc3C2(O)C1O. The Hall–Kier alpha value is -1.97. The predicted molar refractivity (Wildman–Crippen MR) is 125 cm³/mol. The third kappa shape index (κ3) is 3.20. The highest BCUT2D eigenvalue weighted by atomic mass is 79.9. The van der Waals surface area contributed by atoms with Gasteiger partial charge >= 0.3 is 0 Å². The molecule has 0 amide bonds. The number of ether oxygens (including phenoxy) is 1. The second-order valence-electron chi connectivity index (χ2n) is 8.21. The Morgan fingerprint density at radius 2 is 1.78 bits per heavy atom. The number of pyridine rings is 1.